The fourth-order valence-corrected chi connectivity index (χ4v) is 4.74. The second kappa shape index (κ2) is 12.0. The lowest BCUT2D eigenvalue weighted by Gasteiger charge is -2.32. The van der Waals surface area contributed by atoms with Gasteiger partial charge >= 0.3 is 0 Å². The predicted octanol–water partition coefficient (Wildman–Crippen LogP) is 3.64. The number of aromatic nitrogens is 3. The molecule has 4 aromatic rings. The number of methoxy groups -OCH3 is 1. The number of amides is 2. The van der Waals surface area contributed by atoms with Crippen molar-refractivity contribution in [2.75, 3.05) is 20.3 Å². The Labute approximate surface area is 225 Å². The third kappa shape index (κ3) is 6.23. The molecule has 0 radical (unpaired) electrons. The first-order valence-electron chi connectivity index (χ1n) is 12.9. The van der Waals surface area contributed by atoms with Gasteiger partial charge < -0.3 is 19.7 Å². The Hall–Kier alpha value is -4.31. The van der Waals surface area contributed by atoms with Crippen LogP contribution in [0.25, 0.3) is 11.0 Å². The minimum Gasteiger partial charge on any atom is -0.497 e. The van der Waals surface area contributed by atoms with Crippen LogP contribution in [-0.4, -0.2) is 58.1 Å². The Morgan fingerprint density at radius 3 is 2.62 bits per heavy atom. The molecule has 2 amide bonds. The summed E-state index contributed by atoms with van der Waals surface area (Å²) in [4.78, 5) is 29.2. The zero-order valence-corrected chi connectivity index (χ0v) is 21.6. The quantitative estimate of drug-likeness (QED) is 0.336. The maximum absolute atomic E-state index is 14.0. The Kier molecular flexibility index (Phi) is 8.12. The summed E-state index contributed by atoms with van der Waals surface area (Å²) < 4.78 is 26.2. The second-order valence-corrected chi connectivity index (χ2v) is 9.44. The number of hydrogen-bond donors (Lipinski definition) is 1. The van der Waals surface area contributed by atoms with Crippen LogP contribution < -0.4 is 10.1 Å². The molecule has 10 heteroatoms. The van der Waals surface area contributed by atoms with Gasteiger partial charge in [-0.25, -0.2) is 9.07 Å². The van der Waals surface area contributed by atoms with Gasteiger partial charge in [0.05, 0.1) is 18.7 Å². The number of carbonyl (C=O) groups excluding carboxylic acids is 2. The molecule has 0 spiro atoms. The van der Waals surface area contributed by atoms with E-state index in [0.717, 1.165) is 12.8 Å². The van der Waals surface area contributed by atoms with Crippen LogP contribution in [-0.2, 0) is 27.4 Å². The van der Waals surface area contributed by atoms with Crippen LogP contribution in [0.5, 0.6) is 5.75 Å². The van der Waals surface area contributed by atoms with Crippen molar-refractivity contribution in [3.05, 3.63) is 89.7 Å². The SMILES string of the molecule is COc1ccc([C@@H](C(=O)NC[C@H]2CCCO2)N(Cc2ccc(F)cc2)C(=O)Cn2nnc3ccccc32)cc1. The third-order valence-corrected chi connectivity index (χ3v) is 6.81. The molecule has 1 saturated heterocycles. The van der Waals surface area contributed by atoms with Crippen molar-refractivity contribution in [2.24, 2.45) is 0 Å². The van der Waals surface area contributed by atoms with Gasteiger partial charge in [-0.15, -0.1) is 5.10 Å². The minimum atomic E-state index is -0.968. The van der Waals surface area contributed by atoms with Gasteiger partial charge in [-0.1, -0.05) is 41.6 Å². The highest BCUT2D eigenvalue weighted by Gasteiger charge is 2.33. The second-order valence-electron chi connectivity index (χ2n) is 9.44. The number of halogens is 1. The Balaban J connectivity index is 1.49. The first-order valence-corrected chi connectivity index (χ1v) is 12.9. The highest BCUT2D eigenvalue weighted by atomic mass is 19.1. The molecule has 2 heterocycles. The summed E-state index contributed by atoms with van der Waals surface area (Å²) in [7, 11) is 1.56. The average molecular weight is 532 g/mol. The predicted molar refractivity (Wildman–Crippen MR) is 142 cm³/mol. The molecular formula is C29H30FN5O4. The maximum atomic E-state index is 14.0. The van der Waals surface area contributed by atoms with Gasteiger partial charge in [0, 0.05) is 19.7 Å². The third-order valence-electron chi connectivity index (χ3n) is 6.81. The van der Waals surface area contributed by atoms with E-state index in [-0.39, 0.29) is 36.8 Å². The van der Waals surface area contributed by atoms with Gasteiger partial charge in [-0.2, -0.15) is 0 Å². The highest BCUT2D eigenvalue weighted by molar-refractivity contribution is 5.89. The monoisotopic (exact) mass is 531 g/mol. The number of carbonyl (C=O) groups is 2. The summed E-state index contributed by atoms with van der Waals surface area (Å²) in [6.45, 7) is 0.963. The van der Waals surface area contributed by atoms with E-state index in [4.69, 9.17) is 9.47 Å². The lowest BCUT2D eigenvalue weighted by atomic mass is 10.0. The van der Waals surface area contributed by atoms with E-state index in [2.05, 4.69) is 15.6 Å². The van der Waals surface area contributed by atoms with Crippen LogP contribution >= 0.6 is 0 Å². The van der Waals surface area contributed by atoms with E-state index in [9.17, 15) is 14.0 Å². The minimum absolute atomic E-state index is 0.0618. The molecule has 1 aromatic heterocycles. The van der Waals surface area contributed by atoms with Crippen molar-refractivity contribution < 1.29 is 23.5 Å². The Morgan fingerprint density at radius 2 is 1.90 bits per heavy atom. The van der Waals surface area contributed by atoms with Gasteiger partial charge in [0.2, 0.25) is 11.8 Å². The number of rotatable bonds is 10. The van der Waals surface area contributed by atoms with Gasteiger partial charge in [-0.05, 0) is 60.4 Å². The fourth-order valence-electron chi connectivity index (χ4n) is 4.74. The summed E-state index contributed by atoms with van der Waals surface area (Å²) in [5.41, 5.74) is 2.66. The van der Waals surface area contributed by atoms with Gasteiger partial charge in [0.25, 0.3) is 0 Å². The first kappa shape index (κ1) is 26.3. The van der Waals surface area contributed by atoms with E-state index >= 15 is 0 Å². The first-order chi connectivity index (χ1) is 19.0. The van der Waals surface area contributed by atoms with E-state index in [1.807, 2.05) is 24.3 Å². The number of hydrogen-bond acceptors (Lipinski definition) is 6. The average Bonchev–Trinajstić information content (AvgIpc) is 3.63. The Morgan fingerprint density at radius 1 is 1.13 bits per heavy atom. The molecule has 9 nitrogen and oxygen atoms in total. The van der Waals surface area contributed by atoms with Crippen molar-refractivity contribution in [2.45, 2.75) is 38.1 Å². The number of nitrogens with zero attached hydrogens (tertiary/aromatic N) is 4. The van der Waals surface area contributed by atoms with Gasteiger partial charge in [-0.3, -0.25) is 9.59 Å². The normalized spacial score (nSPS) is 15.7. The molecule has 0 aliphatic carbocycles. The molecule has 1 aliphatic rings. The van der Waals surface area contributed by atoms with E-state index < -0.39 is 6.04 Å². The van der Waals surface area contributed by atoms with Crippen molar-refractivity contribution >= 4 is 22.8 Å². The molecule has 0 bridgehead atoms. The molecular weight excluding hydrogens is 501 g/mol. The molecule has 1 N–H and O–H groups in total. The Bertz CT molecular complexity index is 1420. The highest BCUT2D eigenvalue weighted by Crippen LogP contribution is 2.27. The number of nitrogens with one attached hydrogen (secondary N) is 1. The van der Waals surface area contributed by atoms with E-state index in [0.29, 0.717) is 41.1 Å². The van der Waals surface area contributed by atoms with Crippen molar-refractivity contribution in [1.82, 2.24) is 25.2 Å². The number of fused-ring (bicyclic) bond motifs is 1. The van der Waals surface area contributed by atoms with Gasteiger partial charge in [0.15, 0.2) is 0 Å². The molecule has 1 fully saturated rings. The topological polar surface area (TPSA) is 98.6 Å². The summed E-state index contributed by atoms with van der Waals surface area (Å²) in [6.07, 6.45) is 1.75. The molecule has 39 heavy (non-hydrogen) atoms. The number of para-hydroxylation sites is 1. The zero-order chi connectivity index (χ0) is 27.2. The van der Waals surface area contributed by atoms with E-state index in [1.54, 1.807) is 43.5 Å². The summed E-state index contributed by atoms with van der Waals surface area (Å²) in [5.74, 6) is -0.438. The van der Waals surface area contributed by atoms with Crippen molar-refractivity contribution in [1.29, 1.82) is 0 Å². The largest absolute Gasteiger partial charge is 0.497 e. The summed E-state index contributed by atoms with van der Waals surface area (Å²) in [5, 5.41) is 11.3. The standard InChI is InChI=1S/C29H30FN5O4/c1-38-23-14-10-21(11-15-23)28(29(37)31-17-24-5-4-16-39-24)34(18-20-8-12-22(30)13-9-20)27(36)19-35-26-7-3-2-6-25(26)32-33-35/h2-3,6-15,24,28H,4-5,16-19H2,1H3,(H,31,37)/t24-,28+/m1/s1. The van der Waals surface area contributed by atoms with Crippen LogP contribution in [0.4, 0.5) is 4.39 Å². The summed E-state index contributed by atoms with van der Waals surface area (Å²) in [6, 6.07) is 19.3. The molecule has 5 rings (SSSR count). The molecule has 202 valence electrons. The van der Waals surface area contributed by atoms with E-state index in [1.165, 1.54) is 21.7 Å². The number of benzene rings is 3. The number of ether oxygens (including phenoxy) is 2. The molecule has 0 saturated carbocycles. The van der Waals surface area contributed by atoms with Crippen molar-refractivity contribution in [3.8, 4) is 5.75 Å². The van der Waals surface area contributed by atoms with Gasteiger partial charge in [0.1, 0.15) is 29.7 Å². The maximum Gasteiger partial charge on any atom is 0.247 e. The molecule has 1 aliphatic heterocycles. The molecule has 2 atom stereocenters. The lowest BCUT2D eigenvalue weighted by Crippen LogP contribution is -2.46. The van der Waals surface area contributed by atoms with Crippen LogP contribution in [0.15, 0.2) is 72.8 Å². The van der Waals surface area contributed by atoms with Crippen LogP contribution in [0.2, 0.25) is 0 Å². The van der Waals surface area contributed by atoms with Crippen LogP contribution in [0.3, 0.4) is 0 Å². The molecule has 3 aromatic carbocycles. The summed E-state index contributed by atoms with van der Waals surface area (Å²) >= 11 is 0. The van der Waals surface area contributed by atoms with Crippen molar-refractivity contribution in [3.63, 3.8) is 0 Å². The zero-order valence-electron chi connectivity index (χ0n) is 21.6. The fraction of sp³-hybridized carbons (Fsp3) is 0.310. The molecule has 0 unspecified atom stereocenters. The van der Waals surface area contributed by atoms with Crippen LogP contribution in [0, 0.1) is 5.82 Å². The smallest absolute Gasteiger partial charge is 0.247 e. The van der Waals surface area contributed by atoms with Crippen LogP contribution in [0.1, 0.15) is 30.0 Å². The lowest BCUT2D eigenvalue weighted by molar-refractivity contribution is -0.142.